The average Bonchev–Trinajstić information content (AvgIpc) is 1.29. The molecule has 2 atom stereocenters. The molecule has 4 N–H and O–H groups in total. The first-order chi connectivity index (χ1) is 57.0. The van der Waals surface area contributed by atoms with E-state index in [1.165, 1.54) is 44.0 Å². The van der Waals surface area contributed by atoms with Gasteiger partial charge < -0.3 is 49.1 Å². The van der Waals surface area contributed by atoms with Gasteiger partial charge in [-0.15, -0.1) is 0 Å². The van der Waals surface area contributed by atoms with E-state index in [0.29, 0.717) is 51.4 Å². The number of nitriles is 1. The molecule has 0 bridgehead atoms. The first-order valence-electron chi connectivity index (χ1n) is 42.0. The zero-order chi connectivity index (χ0) is 103. The molecule has 730 valence electrons. The second-order valence-electron chi connectivity index (χ2n) is 38.8. The average molecular weight is 1820 g/mol. The van der Waals surface area contributed by atoms with Gasteiger partial charge in [-0.1, -0.05) is 227 Å². The van der Waals surface area contributed by atoms with Crippen molar-refractivity contribution in [1.29, 1.82) is 5.26 Å². The summed E-state index contributed by atoms with van der Waals surface area (Å²) in [4.78, 5) is 120. The van der Waals surface area contributed by atoms with Crippen LogP contribution in [-0.2, 0) is 81.7 Å². The van der Waals surface area contributed by atoms with Crippen LogP contribution in [0, 0.1) is 61.1 Å². The fourth-order valence-electron chi connectivity index (χ4n) is 6.49. The number of hydrogen-bond acceptors (Lipinski definition) is 24. The standard InChI is InChI=1S/C12H20O2.2C10H18O3.2C9H16O3.C9H16O.C8H11FN2.C8H13FO.C8H13NO.C8H14O.C4H3FN2OS.C4H10/c1-9(2)8-10(13)6-7-11(14)12(3,4)5;1-6-13-9(12)7(2)8(11)10(3,4)5;1-5-12-9(11)7-6-8-13-10(2,3)4;1-9(2,3)12-7-5-6-8(10)11-4;1-5-11-9(10)8(4)6-12-7(2)3;1-7(2)6-8(10)9(3,4)5;1-8(2,3)6-4-10-7(9)11-5-6;1-6(9)5-7(10)8(2,3)4;1-6(5-9)7(10)8(2,3)4;1-5-6-7(9)8(2,3)4;5-4-7-2(1-9-4)3(6)8;1-4(2)3/h8H,6-7H2,1-5H3;8,11H,2,6H2,1,3-5H3;6-7H,5,8H2,1-4H3;5-6H,7H2,1-4H3;7H,4-6H2,1-3H3;6H,1-5H3;4-5H,1-3H3;5H,1-4H3;7,10H,1H2,2-4H3;5-6H,1-4H3;1H,(H2,6,8);4H,1-3H3/b;;7-6+;6-5+;;;;6-5-;;6-5+;;. The van der Waals surface area contributed by atoms with Gasteiger partial charge in [0.15, 0.2) is 23.1 Å². The van der Waals surface area contributed by atoms with Gasteiger partial charge in [0.05, 0.1) is 99.1 Å². The predicted octanol–water partition coefficient (Wildman–Crippen LogP) is 22.1. The van der Waals surface area contributed by atoms with Crippen molar-refractivity contribution in [3.05, 3.63) is 148 Å². The van der Waals surface area contributed by atoms with Crippen molar-refractivity contribution in [3.63, 3.8) is 0 Å². The van der Waals surface area contributed by atoms with Crippen molar-refractivity contribution in [2.75, 3.05) is 46.8 Å². The third-order valence-corrected chi connectivity index (χ3v) is 14.4. The molecule has 0 radical (unpaired) electrons. The molecule has 1 amide bonds. The van der Waals surface area contributed by atoms with E-state index in [9.17, 15) is 71.3 Å². The van der Waals surface area contributed by atoms with Crippen LogP contribution in [0.4, 0.5) is 13.2 Å². The minimum absolute atomic E-state index is 0.00625. The van der Waals surface area contributed by atoms with Crippen molar-refractivity contribution in [1.82, 2.24) is 15.0 Å². The third kappa shape index (κ3) is 97.6. The minimum atomic E-state index is -0.855. The molecule has 0 aromatic carbocycles. The second kappa shape index (κ2) is 71.0. The molecule has 0 aliphatic carbocycles. The van der Waals surface area contributed by atoms with Gasteiger partial charge in [-0.05, 0) is 164 Å². The third-order valence-electron chi connectivity index (χ3n) is 13.7. The van der Waals surface area contributed by atoms with E-state index in [1.54, 1.807) is 78.0 Å². The second-order valence-corrected chi connectivity index (χ2v) is 39.6. The Morgan fingerprint density at radius 3 is 1.20 bits per heavy atom. The Morgan fingerprint density at radius 2 is 0.945 bits per heavy atom. The van der Waals surface area contributed by atoms with Crippen LogP contribution in [0.15, 0.2) is 126 Å². The summed E-state index contributed by atoms with van der Waals surface area (Å²) in [6.45, 7) is 90.3. The smallest absolute Gasteiger partial charge is 0.336 e. The van der Waals surface area contributed by atoms with Crippen molar-refractivity contribution >= 4 is 70.0 Å². The van der Waals surface area contributed by atoms with E-state index in [-0.39, 0.29) is 120 Å². The number of primary amides is 1. The molecule has 0 aliphatic heterocycles. The molecule has 127 heavy (non-hydrogen) atoms. The lowest BCUT2D eigenvalue weighted by atomic mass is 9.85. The Morgan fingerprint density at radius 1 is 0.559 bits per heavy atom. The van der Waals surface area contributed by atoms with E-state index in [0.717, 1.165) is 40.0 Å². The van der Waals surface area contributed by atoms with Gasteiger partial charge in [-0.3, -0.25) is 28.8 Å². The molecule has 2 heterocycles. The Labute approximate surface area is 767 Å². The highest BCUT2D eigenvalue weighted by molar-refractivity contribution is 7.08. The molecule has 24 nitrogen and oxygen atoms in total. The van der Waals surface area contributed by atoms with E-state index in [4.69, 9.17) is 39.4 Å². The number of rotatable bonds is 24. The van der Waals surface area contributed by atoms with Crippen molar-refractivity contribution in [2.24, 2.45) is 44.1 Å². The quantitative estimate of drug-likeness (QED) is 0.0289. The molecular weight excluding hydrogens is 1650 g/mol. The predicted molar refractivity (Wildman–Crippen MR) is 509 cm³/mol. The molecule has 2 unspecified atom stereocenters. The van der Waals surface area contributed by atoms with Gasteiger partial charge in [0.1, 0.15) is 17.3 Å². The molecule has 2 rings (SSSR count). The zero-order valence-electron chi connectivity index (χ0n) is 85.8. The van der Waals surface area contributed by atoms with E-state index in [1.807, 2.05) is 221 Å². The van der Waals surface area contributed by atoms with Crippen LogP contribution in [0.3, 0.4) is 0 Å². The first kappa shape index (κ1) is 139. The maximum absolute atomic E-state index is 12.3. The summed E-state index contributed by atoms with van der Waals surface area (Å²) < 4.78 is 70.8. The van der Waals surface area contributed by atoms with Gasteiger partial charge in [-0.2, -0.15) is 14.0 Å². The summed E-state index contributed by atoms with van der Waals surface area (Å²) in [5.41, 5.74) is 6.22. The number of carbonyl (C=O) groups is 10. The van der Waals surface area contributed by atoms with Crippen molar-refractivity contribution < 1.29 is 104 Å². The lowest BCUT2D eigenvalue weighted by Gasteiger charge is -2.26. The van der Waals surface area contributed by atoms with Crippen LogP contribution >= 0.6 is 11.3 Å². The number of amides is 1. The number of halogens is 3. The largest absolute Gasteiger partial charge is 0.466 e. The topological polar surface area (TPSA) is 364 Å². The molecule has 0 saturated heterocycles. The number of ketones is 5. The molecular formula is C99H168F3N5O19S. The summed E-state index contributed by atoms with van der Waals surface area (Å²) in [7, 11) is 1.34. The highest BCUT2D eigenvalue weighted by atomic mass is 32.1. The van der Waals surface area contributed by atoms with Gasteiger partial charge in [0, 0.05) is 70.5 Å². The summed E-state index contributed by atoms with van der Waals surface area (Å²) >= 11 is 0.754. The van der Waals surface area contributed by atoms with Crippen LogP contribution in [0.5, 0.6) is 0 Å². The summed E-state index contributed by atoms with van der Waals surface area (Å²) in [6, 6.07) is 1.83. The molecule has 0 aliphatic rings. The molecule has 0 spiro atoms. The molecule has 28 heteroatoms. The SMILES string of the molecule is C/C(F)=C/C(=O)C(C)(C)C.C/C=C/C(=O)C(C)(C)C.C=C(C#N)C(O)C(C)(C)C.C=C(C(=O)OCC)C(O)C(C)(C)C.C=C(COC(C)C)C(=O)OCC.CC(C)(C)c1cnc(F)nc1.CC(C)=CC(=O)C(C)(C)C.CC(C)=CC(=O)CCC(=O)C(C)(C)C.CC(C)C.CCOC(=O)/C=C/COC(C)(C)C.COC(=O)/C=C/COC(C)(C)C.NC(=O)c1csc(F)n1. The number of aliphatic hydroxyl groups excluding tert-OH is 2. The van der Waals surface area contributed by atoms with Gasteiger partial charge in [-0.25, -0.2) is 38.5 Å². The van der Waals surface area contributed by atoms with Crippen LogP contribution in [-0.4, -0.2) is 160 Å². The first-order valence-corrected chi connectivity index (χ1v) is 42.9. The lowest BCUT2D eigenvalue weighted by molar-refractivity contribution is -0.141. The van der Waals surface area contributed by atoms with E-state index in [2.05, 4.69) is 60.2 Å². The van der Waals surface area contributed by atoms with Crippen LogP contribution in [0.25, 0.3) is 0 Å². The lowest BCUT2D eigenvalue weighted by Crippen LogP contribution is -2.31. The fourth-order valence-corrected chi connectivity index (χ4v) is 7.02. The van der Waals surface area contributed by atoms with Gasteiger partial charge >= 0.3 is 30.0 Å². The summed E-state index contributed by atoms with van der Waals surface area (Å²) in [5, 5.41) is 28.0. The van der Waals surface area contributed by atoms with E-state index < -0.39 is 46.7 Å². The Bertz CT molecular complexity index is 3740. The Kier molecular flexibility index (Phi) is 77.6. The number of aliphatic hydroxyl groups is 2. The molecule has 0 saturated carbocycles. The number of carbonyl (C=O) groups excluding carboxylic acids is 10. The van der Waals surface area contributed by atoms with Crippen LogP contribution in [0.2, 0.25) is 0 Å². The fraction of sp³-hybridized carbons (Fsp3) is 0.636. The minimum Gasteiger partial charge on any atom is -0.466 e. The number of aromatic nitrogens is 3. The number of nitrogens with zero attached hydrogens (tertiary/aromatic N) is 4. The highest BCUT2D eigenvalue weighted by Crippen LogP contribution is 2.26. The number of thiazole rings is 1. The maximum Gasteiger partial charge on any atom is 0.336 e. The number of allylic oxidation sites excluding steroid dienone is 8. The molecule has 2 aromatic heterocycles. The van der Waals surface area contributed by atoms with Crippen molar-refractivity contribution in [3.8, 4) is 6.07 Å². The highest BCUT2D eigenvalue weighted by Gasteiger charge is 2.30. The summed E-state index contributed by atoms with van der Waals surface area (Å²) in [6.07, 6.45) is 15.3. The number of methoxy groups -OCH3 is 1. The monoisotopic (exact) mass is 1820 g/mol. The Hall–Kier alpha value is -8.85. The van der Waals surface area contributed by atoms with Gasteiger partial charge in [0.25, 0.3) is 11.2 Å². The number of nitrogens with two attached hydrogens (primary N) is 1. The van der Waals surface area contributed by atoms with Crippen LogP contribution < -0.4 is 5.73 Å². The van der Waals surface area contributed by atoms with Crippen molar-refractivity contribution in [2.45, 2.75) is 332 Å². The summed E-state index contributed by atoms with van der Waals surface area (Å²) in [5.74, 6) is -1.47. The van der Waals surface area contributed by atoms with Crippen LogP contribution in [0.1, 0.15) is 313 Å². The number of ether oxygens (including phenoxy) is 7. The number of hydrogen-bond donors (Lipinski definition) is 3. The maximum atomic E-state index is 12.3. The number of esters is 4. The number of Topliss-reactive ketones (excluding diaryl/α,β-unsaturated/α-hetero) is 1. The van der Waals surface area contributed by atoms with Gasteiger partial charge in [0.2, 0.25) is 0 Å². The van der Waals surface area contributed by atoms with E-state index >= 15 is 0 Å². The molecule has 2 aromatic rings. The normalized spacial score (nSPS) is 11.8. The zero-order valence-corrected chi connectivity index (χ0v) is 86.6. The molecule has 0 fully saturated rings. The Balaban J connectivity index is -0.000000148.